The molecule has 0 unspecified atom stereocenters. The maximum absolute atomic E-state index is 9.45. The fraction of sp³-hybridized carbons (Fsp3) is 0.176. The molecule has 2 aromatic carbocycles. The Morgan fingerprint density at radius 1 is 1.05 bits per heavy atom. The first-order chi connectivity index (χ1) is 9.69. The zero-order chi connectivity index (χ0) is 14.1. The molecular formula is C17H15BrO2. The van der Waals surface area contributed by atoms with Gasteiger partial charge in [0.15, 0.2) is 0 Å². The van der Waals surface area contributed by atoms with Gasteiger partial charge in [-0.25, -0.2) is 0 Å². The number of methoxy groups -OCH3 is 1. The molecule has 0 heterocycles. The van der Waals surface area contributed by atoms with Crippen molar-refractivity contribution in [3.63, 3.8) is 0 Å². The second-order valence-corrected chi connectivity index (χ2v) is 5.81. The lowest BCUT2D eigenvalue weighted by atomic mass is 9.87. The number of hydrogen-bond donors (Lipinski definition) is 1. The van der Waals surface area contributed by atoms with Crippen LogP contribution in [0.1, 0.15) is 23.1 Å². The first kappa shape index (κ1) is 13.3. The predicted octanol–water partition coefficient (Wildman–Crippen LogP) is 4.50. The largest absolute Gasteiger partial charge is 0.508 e. The van der Waals surface area contributed by atoms with Gasteiger partial charge < -0.3 is 9.84 Å². The summed E-state index contributed by atoms with van der Waals surface area (Å²) in [6.07, 6.45) is 2.02. The summed E-state index contributed by atoms with van der Waals surface area (Å²) in [7, 11) is 1.68. The molecule has 20 heavy (non-hydrogen) atoms. The lowest BCUT2D eigenvalue weighted by Gasteiger charge is -2.22. The van der Waals surface area contributed by atoms with Gasteiger partial charge in [0, 0.05) is 4.48 Å². The third kappa shape index (κ3) is 2.34. The highest BCUT2D eigenvalue weighted by atomic mass is 79.9. The van der Waals surface area contributed by atoms with Crippen molar-refractivity contribution < 1.29 is 9.84 Å². The van der Waals surface area contributed by atoms with Gasteiger partial charge in [0.1, 0.15) is 11.5 Å². The molecule has 1 N–H and O–H groups in total. The lowest BCUT2D eigenvalue weighted by Crippen LogP contribution is -2.04. The number of benzene rings is 2. The smallest absolute Gasteiger partial charge is 0.119 e. The van der Waals surface area contributed by atoms with Crippen LogP contribution in [0.25, 0.3) is 5.57 Å². The minimum absolute atomic E-state index is 0.284. The van der Waals surface area contributed by atoms with E-state index in [2.05, 4.69) is 28.1 Å². The van der Waals surface area contributed by atoms with E-state index in [1.807, 2.05) is 18.2 Å². The van der Waals surface area contributed by atoms with Gasteiger partial charge in [-0.15, -0.1) is 0 Å². The van der Waals surface area contributed by atoms with Gasteiger partial charge in [0.25, 0.3) is 0 Å². The summed E-state index contributed by atoms with van der Waals surface area (Å²) in [6.45, 7) is 0. The molecule has 3 rings (SSSR count). The van der Waals surface area contributed by atoms with Gasteiger partial charge in [-0.3, -0.25) is 0 Å². The van der Waals surface area contributed by atoms with E-state index in [0.29, 0.717) is 0 Å². The van der Waals surface area contributed by atoms with Crippen molar-refractivity contribution >= 4 is 21.5 Å². The van der Waals surface area contributed by atoms with Crippen molar-refractivity contribution in [3.05, 3.63) is 63.6 Å². The number of phenolic OH excluding ortho intramolecular Hbond substituents is 1. The van der Waals surface area contributed by atoms with Crippen LogP contribution in [-0.2, 0) is 6.42 Å². The third-order valence-corrected chi connectivity index (χ3v) is 4.42. The van der Waals surface area contributed by atoms with Crippen LogP contribution in [0.2, 0.25) is 0 Å². The number of aromatic hydroxyl groups is 1. The minimum atomic E-state index is 0.284. The molecule has 0 atom stereocenters. The normalized spacial score (nSPS) is 14.1. The topological polar surface area (TPSA) is 29.5 Å². The molecule has 1 aliphatic carbocycles. The summed E-state index contributed by atoms with van der Waals surface area (Å²) in [5, 5.41) is 9.45. The Morgan fingerprint density at radius 3 is 2.50 bits per heavy atom. The minimum Gasteiger partial charge on any atom is -0.508 e. The van der Waals surface area contributed by atoms with E-state index in [0.717, 1.165) is 24.2 Å². The fourth-order valence-electron chi connectivity index (χ4n) is 2.59. The van der Waals surface area contributed by atoms with E-state index >= 15 is 0 Å². The quantitative estimate of drug-likeness (QED) is 0.878. The number of fused-ring (bicyclic) bond motifs is 1. The van der Waals surface area contributed by atoms with E-state index in [4.69, 9.17) is 4.74 Å². The Balaban J connectivity index is 2.17. The van der Waals surface area contributed by atoms with Crippen molar-refractivity contribution in [2.45, 2.75) is 12.8 Å². The fourth-order valence-corrected chi connectivity index (χ4v) is 3.23. The summed E-state index contributed by atoms with van der Waals surface area (Å²) in [6, 6.07) is 13.5. The van der Waals surface area contributed by atoms with Crippen LogP contribution in [0.15, 0.2) is 46.9 Å². The molecule has 0 amide bonds. The molecule has 0 saturated carbocycles. The molecule has 0 aliphatic heterocycles. The zero-order valence-electron chi connectivity index (χ0n) is 11.2. The number of rotatable bonds is 2. The first-order valence-corrected chi connectivity index (χ1v) is 7.33. The van der Waals surface area contributed by atoms with Crippen molar-refractivity contribution in [1.82, 2.24) is 0 Å². The Morgan fingerprint density at radius 2 is 1.80 bits per heavy atom. The van der Waals surface area contributed by atoms with Crippen molar-refractivity contribution in [2.75, 3.05) is 7.11 Å². The number of halogens is 1. The van der Waals surface area contributed by atoms with E-state index in [-0.39, 0.29) is 5.75 Å². The molecule has 0 radical (unpaired) electrons. The molecule has 3 heteroatoms. The Kier molecular flexibility index (Phi) is 3.53. The summed E-state index contributed by atoms with van der Waals surface area (Å²) in [5.74, 6) is 1.15. The first-order valence-electron chi connectivity index (χ1n) is 6.54. The summed E-state index contributed by atoms with van der Waals surface area (Å²) in [5.41, 5.74) is 4.82. The van der Waals surface area contributed by atoms with E-state index < -0.39 is 0 Å². The Bertz CT molecular complexity index is 672. The highest BCUT2D eigenvalue weighted by Crippen LogP contribution is 2.40. The zero-order valence-corrected chi connectivity index (χ0v) is 12.8. The van der Waals surface area contributed by atoms with Crippen LogP contribution in [0.3, 0.4) is 0 Å². The van der Waals surface area contributed by atoms with Crippen LogP contribution in [0.4, 0.5) is 0 Å². The molecule has 0 aromatic heterocycles. The van der Waals surface area contributed by atoms with Crippen LogP contribution in [0.5, 0.6) is 11.5 Å². The Labute approximate surface area is 126 Å². The van der Waals surface area contributed by atoms with Gasteiger partial charge in [-0.1, -0.05) is 34.1 Å². The van der Waals surface area contributed by atoms with Gasteiger partial charge in [0.05, 0.1) is 7.11 Å². The van der Waals surface area contributed by atoms with Crippen molar-refractivity contribution in [3.8, 4) is 11.5 Å². The summed E-state index contributed by atoms with van der Waals surface area (Å²) < 4.78 is 6.54. The van der Waals surface area contributed by atoms with Gasteiger partial charge in [-0.2, -0.15) is 0 Å². The molecule has 0 bridgehead atoms. The molecule has 1 aliphatic rings. The molecule has 2 nitrogen and oxygen atoms in total. The van der Waals surface area contributed by atoms with Gasteiger partial charge in [0.2, 0.25) is 0 Å². The van der Waals surface area contributed by atoms with Crippen LogP contribution >= 0.6 is 15.9 Å². The monoisotopic (exact) mass is 330 g/mol. The van der Waals surface area contributed by atoms with E-state index in [9.17, 15) is 5.11 Å². The Hall–Kier alpha value is -1.74. The molecule has 0 fully saturated rings. The molecule has 102 valence electrons. The van der Waals surface area contributed by atoms with Crippen molar-refractivity contribution in [1.29, 1.82) is 0 Å². The van der Waals surface area contributed by atoms with Crippen LogP contribution in [-0.4, -0.2) is 12.2 Å². The van der Waals surface area contributed by atoms with Crippen LogP contribution in [0, 0.1) is 0 Å². The number of hydrogen-bond acceptors (Lipinski definition) is 2. The number of allylic oxidation sites excluding steroid dienone is 1. The number of phenols is 1. The second-order valence-electron chi connectivity index (χ2n) is 4.85. The van der Waals surface area contributed by atoms with Crippen LogP contribution < -0.4 is 4.74 Å². The summed E-state index contributed by atoms with van der Waals surface area (Å²) >= 11 is 3.70. The molecule has 2 aromatic rings. The average Bonchev–Trinajstić information content (AvgIpc) is 2.48. The van der Waals surface area contributed by atoms with Gasteiger partial charge in [-0.05, 0) is 59.4 Å². The van der Waals surface area contributed by atoms with Gasteiger partial charge >= 0.3 is 0 Å². The molecule has 0 saturated heterocycles. The van der Waals surface area contributed by atoms with Crippen molar-refractivity contribution in [2.24, 2.45) is 0 Å². The maximum Gasteiger partial charge on any atom is 0.119 e. The molecule has 0 spiro atoms. The SMILES string of the molecule is COc1ccc2c(c1)C(c1ccc(O)cc1)=C(Br)CC2. The molecular weight excluding hydrogens is 316 g/mol. The highest BCUT2D eigenvalue weighted by Gasteiger charge is 2.19. The maximum atomic E-state index is 9.45. The summed E-state index contributed by atoms with van der Waals surface area (Å²) in [4.78, 5) is 0. The number of aryl methyl sites for hydroxylation is 1. The highest BCUT2D eigenvalue weighted by molar-refractivity contribution is 9.11. The average molecular weight is 331 g/mol. The van der Waals surface area contributed by atoms with E-state index in [1.165, 1.54) is 21.2 Å². The predicted molar refractivity (Wildman–Crippen MR) is 84.4 cm³/mol. The third-order valence-electron chi connectivity index (χ3n) is 3.63. The second kappa shape index (κ2) is 5.33. The number of ether oxygens (including phenoxy) is 1. The van der Waals surface area contributed by atoms with E-state index in [1.54, 1.807) is 19.2 Å². The standard InChI is InChI=1S/C17H15BrO2/c1-20-14-8-4-11-5-9-16(18)17(15(11)10-14)12-2-6-13(19)7-3-12/h2-4,6-8,10,19H,5,9H2,1H3. The lowest BCUT2D eigenvalue weighted by molar-refractivity contribution is 0.414.